The maximum Gasteiger partial charge on any atom is 0.129 e. The molecule has 0 aliphatic carbocycles. The summed E-state index contributed by atoms with van der Waals surface area (Å²) < 4.78 is 1.08. The van der Waals surface area contributed by atoms with Gasteiger partial charge in [0.15, 0.2) is 0 Å². The molecule has 0 saturated heterocycles. The average molecular weight is 387 g/mol. The summed E-state index contributed by atoms with van der Waals surface area (Å²) in [6, 6.07) is 10.3. The number of hydrogen-bond donors (Lipinski definition) is 0. The molecule has 22 heavy (non-hydrogen) atoms. The van der Waals surface area contributed by atoms with E-state index >= 15 is 0 Å². The Morgan fingerprint density at radius 3 is 2.32 bits per heavy atom. The van der Waals surface area contributed by atoms with Crippen LogP contribution < -0.4 is 0 Å². The zero-order valence-electron chi connectivity index (χ0n) is 13.4. The molecule has 0 unspecified atom stereocenters. The second-order valence-corrected chi connectivity index (χ2v) is 12.8. The van der Waals surface area contributed by atoms with Crippen molar-refractivity contribution in [1.29, 1.82) is 0 Å². The highest BCUT2D eigenvalue weighted by Crippen LogP contribution is 2.22. The Hall–Kier alpha value is -1.26. The van der Waals surface area contributed by atoms with Gasteiger partial charge in [-0.05, 0) is 42.3 Å². The molecule has 0 spiro atoms. The highest BCUT2D eigenvalue weighted by Gasteiger charge is 2.09. The summed E-state index contributed by atoms with van der Waals surface area (Å²) in [6.45, 7) is 8.99. The van der Waals surface area contributed by atoms with Crippen LogP contribution in [0.25, 0.3) is 0 Å². The largest absolute Gasteiger partial charge is 0.129 e. The van der Waals surface area contributed by atoms with Crippen LogP contribution in [0.3, 0.4) is 0 Å². The van der Waals surface area contributed by atoms with Crippen molar-refractivity contribution in [1.82, 2.24) is 0 Å². The number of rotatable bonds is 1. The van der Waals surface area contributed by atoms with Crippen LogP contribution in [0, 0.1) is 23.3 Å². The highest BCUT2D eigenvalue weighted by atomic mass is 79.9. The maximum atomic E-state index is 3.45. The Labute approximate surface area is 147 Å². The lowest BCUT2D eigenvalue weighted by Crippen LogP contribution is -2.16. The molecule has 112 valence electrons. The van der Waals surface area contributed by atoms with Crippen LogP contribution in [0.2, 0.25) is 19.6 Å². The molecule has 0 nitrogen and oxygen atoms in total. The molecule has 0 radical (unpaired) electrons. The Kier molecular flexibility index (Phi) is 5.70. The second kappa shape index (κ2) is 7.33. The van der Waals surface area contributed by atoms with E-state index < -0.39 is 8.07 Å². The highest BCUT2D eigenvalue weighted by molar-refractivity contribution is 9.10. The molecule has 2 rings (SSSR count). The van der Waals surface area contributed by atoms with Gasteiger partial charge in [-0.25, -0.2) is 0 Å². The van der Waals surface area contributed by atoms with E-state index in [0.29, 0.717) is 0 Å². The van der Waals surface area contributed by atoms with Crippen LogP contribution in [0.5, 0.6) is 0 Å². The molecule has 0 saturated carbocycles. The normalized spacial score (nSPS) is 10.4. The first kappa shape index (κ1) is 17.1. The minimum absolute atomic E-state index is 1.01. The predicted molar refractivity (Wildman–Crippen MR) is 104 cm³/mol. The topological polar surface area (TPSA) is 0 Å². The van der Waals surface area contributed by atoms with Crippen LogP contribution in [0.4, 0.5) is 0 Å². The van der Waals surface area contributed by atoms with E-state index in [9.17, 15) is 0 Å². The Balaban J connectivity index is 2.28. The molecule has 0 atom stereocenters. The van der Waals surface area contributed by atoms with Gasteiger partial charge in [-0.2, -0.15) is 0 Å². The molecule has 1 aromatic carbocycles. The lowest BCUT2D eigenvalue weighted by atomic mass is 10.2. The van der Waals surface area contributed by atoms with E-state index in [1.165, 1.54) is 10.4 Å². The van der Waals surface area contributed by atoms with Gasteiger partial charge < -0.3 is 0 Å². The van der Waals surface area contributed by atoms with E-state index in [2.05, 4.69) is 71.9 Å². The summed E-state index contributed by atoms with van der Waals surface area (Å²) in [5, 5.41) is 0. The van der Waals surface area contributed by atoms with Crippen molar-refractivity contribution < 1.29 is 0 Å². The average Bonchev–Trinajstić information content (AvgIpc) is 2.86. The van der Waals surface area contributed by atoms with Crippen LogP contribution >= 0.6 is 27.3 Å². The molecule has 2 aromatic rings. The van der Waals surface area contributed by atoms with Gasteiger partial charge in [0.2, 0.25) is 0 Å². The molecule has 1 aromatic heterocycles. The molecule has 3 heteroatoms. The van der Waals surface area contributed by atoms with Crippen LogP contribution in [-0.4, -0.2) is 8.07 Å². The van der Waals surface area contributed by atoms with Crippen molar-refractivity contribution in [3.05, 3.63) is 55.7 Å². The molecular formula is C19H19BrSSi. The van der Waals surface area contributed by atoms with E-state index in [-0.39, 0.29) is 0 Å². The third-order valence-corrected chi connectivity index (χ3v) is 5.33. The van der Waals surface area contributed by atoms with Crippen LogP contribution in [0.1, 0.15) is 27.8 Å². The van der Waals surface area contributed by atoms with Crippen molar-refractivity contribution in [2.24, 2.45) is 0 Å². The van der Waals surface area contributed by atoms with E-state index in [0.717, 1.165) is 21.3 Å². The lowest BCUT2D eigenvalue weighted by Gasteiger charge is -2.03. The standard InChI is InChI=1S/C19H19BrSSi/c1-5-16-14-18(21-19(16)12-13-22(2,3)4)11-8-15-6-9-17(20)10-7-15/h6-7,9-10,14H,5H2,1-4H3. The Morgan fingerprint density at radius 1 is 1.05 bits per heavy atom. The van der Waals surface area contributed by atoms with Gasteiger partial charge in [-0.1, -0.05) is 60.3 Å². The summed E-state index contributed by atoms with van der Waals surface area (Å²) >= 11 is 5.15. The smallest absolute Gasteiger partial charge is 0.126 e. The van der Waals surface area contributed by atoms with Gasteiger partial charge in [0.25, 0.3) is 0 Å². The van der Waals surface area contributed by atoms with E-state index in [1.807, 2.05) is 24.3 Å². The summed E-state index contributed by atoms with van der Waals surface area (Å²) in [6.07, 6.45) is 1.01. The summed E-state index contributed by atoms with van der Waals surface area (Å²) in [4.78, 5) is 2.28. The monoisotopic (exact) mass is 386 g/mol. The third kappa shape index (κ3) is 5.18. The minimum Gasteiger partial charge on any atom is -0.126 e. The Bertz CT molecular complexity index is 771. The second-order valence-electron chi connectivity index (χ2n) is 6.08. The summed E-state index contributed by atoms with van der Waals surface area (Å²) in [7, 11) is -1.34. The van der Waals surface area contributed by atoms with Crippen molar-refractivity contribution in [3.63, 3.8) is 0 Å². The minimum atomic E-state index is -1.34. The third-order valence-electron chi connectivity index (χ3n) is 2.92. The van der Waals surface area contributed by atoms with Gasteiger partial charge in [0.1, 0.15) is 8.07 Å². The quantitative estimate of drug-likeness (QED) is 0.435. The first-order valence-electron chi connectivity index (χ1n) is 7.31. The molecule has 0 fully saturated rings. The maximum absolute atomic E-state index is 3.45. The molecular weight excluding hydrogens is 368 g/mol. The molecule has 0 N–H and O–H groups in total. The molecule has 0 aliphatic heterocycles. The first-order valence-corrected chi connectivity index (χ1v) is 12.4. The number of thiophene rings is 1. The van der Waals surface area contributed by atoms with Crippen molar-refractivity contribution >= 4 is 35.3 Å². The molecule has 1 heterocycles. The summed E-state index contributed by atoms with van der Waals surface area (Å²) in [5.74, 6) is 9.88. The number of aryl methyl sites for hydroxylation is 1. The van der Waals surface area contributed by atoms with Crippen molar-refractivity contribution in [3.8, 4) is 23.3 Å². The zero-order valence-corrected chi connectivity index (χ0v) is 16.8. The molecule has 0 aliphatic rings. The number of halogens is 1. The number of benzene rings is 1. The van der Waals surface area contributed by atoms with E-state index in [4.69, 9.17) is 0 Å². The SMILES string of the molecule is CCc1cc(C#Cc2ccc(Br)cc2)sc1C#C[Si](C)(C)C. The van der Waals surface area contributed by atoms with Gasteiger partial charge >= 0.3 is 0 Å². The Morgan fingerprint density at radius 2 is 1.73 bits per heavy atom. The summed E-state index contributed by atoms with van der Waals surface area (Å²) in [5.41, 5.74) is 5.80. The first-order chi connectivity index (χ1) is 10.4. The van der Waals surface area contributed by atoms with Gasteiger partial charge in [-0.3, -0.25) is 0 Å². The molecule has 0 amide bonds. The van der Waals surface area contributed by atoms with Crippen LogP contribution in [-0.2, 0) is 6.42 Å². The number of hydrogen-bond acceptors (Lipinski definition) is 1. The fraction of sp³-hybridized carbons (Fsp3) is 0.263. The molecule has 0 bridgehead atoms. The van der Waals surface area contributed by atoms with Crippen molar-refractivity contribution in [2.45, 2.75) is 33.0 Å². The van der Waals surface area contributed by atoms with Gasteiger partial charge in [0.05, 0.1) is 9.75 Å². The lowest BCUT2D eigenvalue weighted by molar-refractivity contribution is 1.15. The fourth-order valence-corrected chi connectivity index (χ4v) is 3.58. The van der Waals surface area contributed by atoms with E-state index in [1.54, 1.807) is 11.3 Å². The van der Waals surface area contributed by atoms with Crippen molar-refractivity contribution in [2.75, 3.05) is 0 Å². The fourth-order valence-electron chi connectivity index (χ4n) is 1.77. The van der Waals surface area contributed by atoms with Gasteiger partial charge in [0, 0.05) is 10.0 Å². The zero-order chi connectivity index (χ0) is 16.2. The van der Waals surface area contributed by atoms with Gasteiger partial charge in [-0.15, -0.1) is 16.9 Å². The van der Waals surface area contributed by atoms with Crippen LogP contribution in [0.15, 0.2) is 34.8 Å². The predicted octanol–water partition coefficient (Wildman–Crippen LogP) is 5.70.